The highest BCUT2D eigenvalue weighted by Crippen LogP contribution is 2.33. The number of thioether (sulfide) groups is 1. The molecule has 1 aliphatic rings. The van der Waals surface area contributed by atoms with Crippen molar-refractivity contribution in [3.63, 3.8) is 0 Å². The molecule has 1 fully saturated rings. The molecule has 1 saturated heterocycles. The molecule has 0 aliphatic carbocycles. The fourth-order valence-electron chi connectivity index (χ4n) is 1.04. The van der Waals surface area contributed by atoms with Gasteiger partial charge < -0.3 is 20.4 Å². The van der Waals surface area contributed by atoms with E-state index in [2.05, 4.69) is 0 Å². The number of aliphatic hydroxyl groups is 4. The molecule has 1 heterocycles. The first-order valence-electron chi connectivity index (χ1n) is 3.43. The van der Waals surface area contributed by atoms with Crippen LogP contribution >= 0.6 is 11.8 Å². The zero-order chi connectivity index (χ0) is 8.48. The van der Waals surface area contributed by atoms with Crippen LogP contribution in [-0.4, -0.2) is 49.9 Å². The van der Waals surface area contributed by atoms with E-state index in [9.17, 15) is 10.2 Å². The van der Waals surface area contributed by atoms with Gasteiger partial charge in [-0.1, -0.05) is 0 Å². The predicted octanol–water partition coefficient (Wildman–Crippen LogP) is -1.47. The number of hydrogen-bond acceptors (Lipinski definition) is 5. The van der Waals surface area contributed by atoms with Gasteiger partial charge in [0, 0.05) is 0 Å². The second-order valence-corrected chi connectivity index (χ2v) is 4.06. The van der Waals surface area contributed by atoms with Gasteiger partial charge in [-0.25, -0.2) is 0 Å². The molecule has 1 aliphatic heterocycles. The first kappa shape index (κ1) is 9.28. The Morgan fingerprint density at radius 1 is 1.45 bits per heavy atom. The Hall–Kier alpha value is 0.190. The van der Waals surface area contributed by atoms with Crippen LogP contribution in [0.2, 0.25) is 0 Å². The lowest BCUT2D eigenvalue weighted by molar-refractivity contribution is -0.100. The molecular formula is C6H12O4S. The van der Waals surface area contributed by atoms with Crippen LogP contribution in [0.1, 0.15) is 6.42 Å². The van der Waals surface area contributed by atoms with E-state index in [4.69, 9.17) is 10.2 Å². The van der Waals surface area contributed by atoms with E-state index < -0.39 is 23.7 Å². The zero-order valence-electron chi connectivity index (χ0n) is 5.97. The van der Waals surface area contributed by atoms with E-state index in [0.29, 0.717) is 12.2 Å². The van der Waals surface area contributed by atoms with Gasteiger partial charge in [0.05, 0.1) is 12.7 Å². The summed E-state index contributed by atoms with van der Waals surface area (Å²) < 4.78 is 0. The lowest BCUT2D eigenvalue weighted by Gasteiger charge is -2.37. The van der Waals surface area contributed by atoms with Gasteiger partial charge in [-0.3, -0.25) is 0 Å². The lowest BCUT2D eigenvalue weighted by Crippen LogP contribution is -2.52. The standard InChI is InChI=1S/C6H12O4S/c7-3-6(10)5(9)4(8)1-2-11-6/h4-5,7-10H,1-3H2. The van der Waals surface area contributed by atoms with Crippen LogP contribution in [0.15, 0.2) is 0 Å². The highest BCUT2D eigenvalue weighted by Gasteiger charge is 2.43. The molecule has 4 nitrogen and oxygen atoms in total. The number of hydrogen-bond donors (Lipinski definition) is 4. The minimum Gasteiger partial charge on any atom is -0.392 e. The van der Waals surface area contributed by atoms with Crippen molar-refractivity contribution >= 4 is 11.8 Å². The summed E-state index contributed by atoms with van der Waals surface area (Å²) in [5.74, 6) is 0.551. The molecule has 11 heavy (non-hydrogen) atoms. The quantitative estimate of drug-likeness (QED) is 0.396. The minimum atomic E-state index is -1.57. The van der Waals surface area contributed by atoms with Gasteiger partial charge >= 0.3 is 0 Å². The molecule has 1 rings (SSSR count). The topological polar surface area (TPSA) is 80.9 Å². The summed E-state index contributed by atoms with van der Waals surface area (Å²) in [6.07, 6.45) is -1.71. The van der Waals surface area contributed by atoms with Crippen LogP contribution < -0.4 is 0 Å². The summed E-state index contributed by atoms with van der Waals surface area (Å²) in [5, 5.41) is 36.4. The molecule has 66 valence electrons. The van der Waals surface area contributed by atoms with Crippen molar-refractivity contribution < 1.29 is 20.4 Å². The van der Waals surface area contributed by atoms with Gasteiger partial charge in [-0.15, -0.1) is 11.8 Å². The lowest BCUT2D eigenvalue weighted by atomic mass is 10.1. The van der Waals surface area contributed by atoms with Crippen molar-refractivity contribution in [2.45, 2.75) is 23.6 Å². The molecule has 5 heteroatoms. The van der Waals surface area contributed by atoms with Crippen molar-refractivity contribution in [2.24, 2.45) is 0 Å². The molecule has 0 aromatic carbocycles. The normalized spacial score (nSPS) is 45.8. The van der Waals surface area contributed by atoms with Crippen molar-refractivity contribution in [2.75, 3.05) is 12.4 Å². The zero-order valence-corrected chi connectivity index (χ0v) is 6.79. The van der Waals surface area contributed by atoms with E-state index in [0.717, 1.165) is 11.8 Å². The molecule has 0 aromatic heterocycles. The molecule has 3 atom stereocenters. The van der Waals surface area contributed by atoms with Crippen LogP contribution in [0, 0.1) is 0 Å². The maximum Gasteiger partial charge on any atom is 0.161 e. The summed E-state index contributed by atoms with van der Waals surface area (Å²) in [6.45, 7) is -0.532. The molecule has 0 saturated carbocycles. The van der Waals surface area contributed by atoms with Crippen molar-refractivity contribution in [1.29, 1.82) is 0 Å². The first-order valence-corrected chi connectivity index (χ1v) is 4.42. The largest absolute Gasteiger partial charge is 0.392 e. The van der Waals surface area contributed by atoms with E-state index in [1.165, 1.54) is 0 Å². The third-order valence-electron chi connectivity index (χ3n) is 1.82. The Labute approximate surface area is 68.9 Å². The van der Waals surface area contributed by atoms with Crippen molar-refractivity contribution in [3.05, 3.63) is 0 Å². The Morgan fingerprint density at radius 2 is 2.09 bits per heavy atom. The van der Waals surface area contributed by atoms with Crippen LogP contribution in [0.25, 0.3) is 0 Å². The summed E-state index contributed by atoms with van der Waals surface area (Å²) in [7, 11) is 0. The van der Waals surface area contributed by atoms with E-state index in [-0.39, 0.29) is 0 Å². The molecule has 0 spiro atoms. The van der Waals surface area contributed by atoms with Gasteiger partial charge in [0.2, 0.25) is 0 Å². The first-order chi connectivity index (χ1) is 5.10. The van der Waals surface area contributed by atoms with Gasteiger partial charge in [0.1, 0.15) is 6.10 Å². The molecule has 0 radical (unpaired) electrons. The molecule has 0 amide bonds. The minimum absolute atomic E-state index is 0.453. The molecule has 3 unspecified atom stereocenters. The molecule has 0 aromatic rings. The second-order valence-electron chi connectivity index (χ2n) is 2.65. The number of rotatable bonds is 1. The van der Waals surface area contributed by atoms with E-state index in [1.807, 2.05) is 0 Å². The van der Waals surface area contributed by atoms with E-state index >= 15 is 0 Å². The highest BCUT2D eigenvalue weighted by atomic mass is 32.2. The van der Waals surface area contributed by atoms with Crippen LogP contribution in [0.3, 0.4) is 0 Å². The summed E-state index contributed by atoms with van der Waals surface area (Å²) >= 11 is 1.07. The summed E-state index contributed by atoms with van der Waals surface area (Å²) in [4.78, 5) is -1.57. The highest BCUT2D eigenvalue weighted by molar-refractivity contribution is 8.00. The third kappa shape index (κ3) is 1.68. The maximum absolute atomic E-state index is 9.42. The summed E-state index contributed by atoms with van der Waals surface area (Å²) in [5.41, 5.74) is 0. The van der Waals surface area contributed by atoms with Gasteiger partial charge in [0.25, 0.3) is 0 Å². The fraction of sp³-hybridized carbons (Fsp3) is 1.00. The smallest absolute Gasteiger partial charge is 0.161 e. The molecule has 0 bridgehead atoms. The van der Waals surface area contributed by atoms with E-state index in [1.54, 1.807) is 0 Å². The average Bonchev–Trinajstić information content (AvgIpc) is 2.00. The van der Waals surface area contributed by atoms with Crippen molar-refractivity contribution in [3.8, 4) is 0 Å². The Kier molecular flexibility index (Phi) is 2.77. The molecule has 4 N–H and O–H groups in total. The fourth-order valence-corrected chi connectivity index (χ4v) is 2.17. The number of aliphatic hydroxyl groups excluding tert-OH is 3. The van der Waals surface area contributed by atoms with Crippen LogP contribution in [0.5, 0.6) is 0 Å². The summed E-state index contributed by atoms with van der Waals surface area (Å²) in [6, 6.07) is 0. The second kappa shape index (κ2) is 3.28. The van der Waals surface area contributed by atoms with Crippen molar-refractivity contribution in [1.82, 2.24) is 0 Å². The monoisotopic (exact) mass is 180 g/mol. The third-order valence-corrected chi connectivity index (χ3v) is 3.13. The van der Waals surface area contributed by atoms with Gasteiger partial charge in [-0.05, 0) is 12.2 Å². The SMILES string of the molecule is OCC1(O)SCCC(O)C1O. The Bertz CT molecular complexity index is 143. The average molecular weight is 180 g/mol. The van der Waals surface area contributed by atoms with Gasteiger partial charge in [-0.2, -0.15) is 0 Å². The Balaban J connectivity index is 2.64. The Morgan fingerprint density at radius 3 is 2.55 bits per heavy atom. The predicted molar refractivity (Wildman–Crippen MR) is 41.1 cm³/mol. The van der Waals surface area contributed by atoms with Crippen LogP contribution in [-0.2, 0) is 0 Å². The maximum atomic E-state index is 9.42. The van der Waals surface area contributed by atoms with Crippen LogP contribution in [0.4, 0.5) is 0 Å². The van der Waals surface area contributed by atoms with Gasteiger partial charge in [0.15, 0.2) is 4.93 Å². The molecular weight excluding hydrogens is 168 g/mol.